The zero-order valence-electron chi connectivity index (χ0n) is 6.83. The summed E-state index contributed by atoms with van der Waals surface area (Å²) in [6.45, 7) is 5.12. The third kappa shape index (κ3) is 2.27. The van der Waals surface area contributed by atoms with Gasteiger partial charge in [-0.1, -0.05) is 12.1 Å². The molecule has 0 bridgehead atoms. The molecule has 0 amide bonds. The van der Waals surface area contributed by atoms with Gasteiger partial charge in [0, 0.05) is 0 Å². The number of hydrogen-bond acceptors (Lipinski definition) is 4. The first kappa shape index (κ1) is 8.13. The Bertz CT molecular complexity index is 183. The lowest BCUT2D eigenvalue weighted by molar-refractivity contribution is 0.545. The van der Waals surface area contributed by atoms with Crippen LogP contribution in [-0.2, 0) is 0 Å². The van der Waals surface area contributed by atoms with Gasteiger partial charge in [0.2, 0.25) is 0 Å². The van der Waals surface area contributed by atoms with Gasteiger partial charge in [-0.3, -0.25) is 0 Å². The highest BCUT2D eigenvalue weighted by molar-refractivity contribution is 4.85. The fourth-order valence-corrected chi connectivity index (χ4v) is 0.805. The predicted molar refractivity (Wildman–Crippen MR) is 40.9 cm³/mol. The van der Waals surface area contributed by atoms with Crippen molar-refractivity contribution in [1.29, 1.82) is 0 Å². The molecule has 0 spiro atoms. The van der Waals surface area contributed by atoms with Crippen LogP contribution in [0.15, 0.2) is 0 Å². The minimum atomic E-state index is 0.189. The number of nitrogens with one attached hydrogen (secondary N) is 2. The molecule has 11 heavy (non-hydrogen) atoms. The maximum absolute atomic E-state index is 3.86. The van der Waals surface area contributed by atoms with Crippen molar-refractivity contribution >= 4 is 0 Å². The number of hydrogen-bond donors (Lipinski definition) is 2. The average Bonchev–Trinajstić information content (AvgIpc) is 2.52. The summed E-state index contributed by atoms with van der Waals surface area (Å²) in [6.07, 6.45) is 1.11. The van der Waals surface area contributed by atoms with Gasteiger partial charge in [-0.2, -0.15) is 5.21 Å². The molecule has 1 atom stereocenters. The predicted octanol–water partition coefficient (Wildman–Crippen LogP) is 0.260. The van der Waals surface area contributed by atoms with Crippen LogP contribution in [0.4, 0.5) is 0 Å². The Kier molecular flexibility index (Phi) is 2.97. The second kappa shape index (κ2) is 4.02. The molecule has 0 saturated heterocycles. The van der Waals surface area contributed by atoms with E-state index in [1.54, 1.807) is 0 Å². The summed E-state index contributed by atoms with van der Waals surface area (Å²) in [6, 6.07) is 0.189. The summed E-state index contributed by atoms with van der Waals surface area (Å²) in [4.78, 5) is 0. The number of rotatable bonds is 4. The molecule has 1 rings (SSSR count). The van der Waals surface area contributed by atoms with E-state index in [1.807, 2.05) is 6.92 Å². The Morgan fingerprint density at radius 2 is 2.45 bits per heavy atom. The van der Waals surface area contributed by atoms with Crippen molar-refractivity contribution in [2.45, 2.75) is 26.3 Å². The second-order valence-electron chi connectivity index (χ2n) is 2.45. The third-order valence-corrected chi connectivity index (χ3v) is 1.45. The smallest absolute Gasteiger partial charge is 0.191 e. The summed E-state index contributed by atoms with van der Waals surface area (Å²) in [5.74, 6) is 0.721. The number of H-pyrrole nitrogens is 1. The standard InChI is InChI=1S/C6H13N5/c1-3-4-7-5(2)6-8-10-11-9-6/h5,7H,3-4H2,1-2H3,(H,8,9,10,11). The van der Waals surface area contributed by atoms with Crippen molar-refractivity contribution in [3.8, 4) is 0 Å². The number of aromatic amines is 1. The van der Waals surface area contributed by atoms with Crippen LogP contribution in [0.3, 0.4) is 0 Å². The Labute approximate surface area is 65.6 Å². The topological polar surface area (TPSA) is 66.5 Å². The third-order valence-electron chi connectivity index (χ3n) is 1.45. The van der Waals surface area contributed by atoms with Crippen LogP contribution in [0.1, 0.15) is 32.1 Å². The summed E-state index contributed by atoms with van der Waals surface area (Å²) >= 11 is 0. The van der Waals surface area contributed by atoms with Crippen molar-refractivity contribution < 1.29 is 0 Å². The van der Waals surface area contributed by atoms with Crippen LogP contribution >= 0.6 is 0 Å². The van der Waals surface area contributed by atoms with Gasteiger partial charge in [0.25, 0.3) is 0 Å². The maximum atomic E-state index is 3.86. The monoisotopic (exact) mass is 155 g/mol. The van der Waals surface area contributed by atoms with E-state index in [4.69, 9.17) is 0 Å². The van der Waals surface area contributed by atoms with Gasteiger partial charge in [-0.15, -0.1) is 10.2 Å². The fourth-order valence-electron chi connectivity index (χ4n) is 0.805. The first-order valence-electron chi connectivity index (χ1n) is 3.81. The van der Waals surface area contributed by atoms with Crippen LogP contribution in [0.5, 0.6) is 0 Å². The van der Waals surface area contributed by atoms with Crippen LogP contribution in [-0.4, -0.2) is 27.2 Å². The van der Waals surface area contributed by atoms with Crippen LogP contribution < -0.4 is 5.32 Å². The summed E-state index contributed by atoms with van der Waals surface area (Å²) in [5.41, 5.74) is 0. The fraction of sp³-hybridized carbons (Fsp3) is 0.833. The summed E-state index contributed by atoms with van der Waals surface area (Å²) < 4.78 is 0. The molecule has 0 aliphatic heterocycles. The van der Waals surface area contributed by atoms with Crippen LogP contribution in [0, 0.1) is 0 Å². The molecular weight excluding hydrogens is 142 g/mol. The van der Waals surface area contributed by atoms with Crippen LogP contribution in [0.2, 0.25) is 0 Å². The molecule has 0 aromatic carbocycles. The molecule has 1 aromatic heterocycles. The van der Waals surface area contributed by atoms with Gasteiger partial charge in [-0.25, -0.2) is 0 Å². The van der Waals surface area contributed by atoms with E-state index in [0.29, 0.717) is 0 Å². The molecule has 1 unspecified atom stereocenters. The van der Waals surface area contributed by atoms with E-state index in [2.05, 4.69) is 32.9 Å². The Morgan fingerprint density at radius 3 is 3.00 bits per heavy atom. The molecule has 62 valence electrons. The zero-order valence-corrected chi connectivity index (χ0v) is 6.83. The lowest BCUT2D eigenvalue weighted by Gasteiger charge is -2.06. The zero-order chi connectivity index (χ0) is 8.10. The van der Waals surface area contributed by atoms with Gasteiger partial charge in [0.1, 0.15) is 0 Å². The minimum absolute atomic E-state index is 0.189. The van der Waals surface area contributed by atoms with Crippen molar-refractivity contribution in [3.05, 3.63) is 5.82 Å². The molecular formula is C6H13N5. The maximum Gasteiger partial charge on any atom is 0.191 e. The highest BCUT2D eigenvalue weighted by Gasteiger charge is 2.07. The number of tetrazole rings is 1. The highest BCUT2D eigenvalue weighted by atomic mass is 15.5. The lowest BCUT2D eigenvalue weighted by atomic mass is 10.3. The summed E-state index contributed by atoms with van der Waals surface area (Å²) in [7, 11) is 0. The normalized spacial score (nSPS) is 13.3. The van der Waals surface area contributed by atoms with Crippen molar-refractivity contribution in [2.24, 2.45) is 0 Å². The quantitative estimate of drug-likeness (QED) is 0.654. The van der Waals surface area contributed by atoms with Gasteiger partial charge in [0.15, 0.2) is 5.82 Å². The molecule has 1 aromatic rings. The molecule has 0 aliphatic rings. The first-order valence-corrected chi connectivity index (χ1v) is 3.81. The van der Waals surface area contributed by atoms with Gasteiger partial charge in [0.05, 0.1) is 6.04 Å². The van der Waals surface area contributed by atoms with Gasteiger partial charge >= 0.3 is 0 Å². The first-order chi connectivity index (χ1) is 5.34. The Balaban J connectivity index is 2.36. The van der Waals surface area contributed by atoms with E-state index in [1.165, 1.54) is 0 Å². The molecule has 0 aliphatic carbocycles. The molecule has 2 N–H and O–H groups in total. The van der Waals surface area contributed by atoms with Crippen LogP contribution in [0.25, 0.3) is 0 Å². The van der Waals surface area contributed by atoms with E-state index in [9.17, 15) is 0 Å². The van der Waals surface area contributed by atoms with Gasteiger partial charge < -0.3 is 5.32 Å². The molecule has 0 radical (unpaired) electrons. The Morgan fingerprint density at radius 1 is 1.64 bits per heavy atom. The van der Waals surface area contributed by atoms with E-state index >= 15 is 0 Å². The second-order valence-corrected chi connectivity index (χ2v) is 2.45. The minimum Gasteiger partial charge on any atom is -0.307 e. The van der Waals surface area contributed by atoms with Crippen molar-refractivity contribution in [1.82, 2.24) is 25.9 Å². The molecule has 5 heteroatoms. The average molecular weight is 155 g/mol. The summed E-state index contributed by atoms with van der Waals surface area (Å²) in [5, 5.41) is 16.9. The molecule has 5 nitrogen and oxygen atoms in total. The SMILES string of the molecule is CCCNC(C)c1nn[nH]n1. The lowest BCUT2D eigenvalue weighted by Crippen LogP contribution is -2.20. The van der Waals surface area contributed by atoms with Crippen molar-refractivity contribution in [3.63, 3.8) is 0 Å². The van der Waals surface area contributed by atoms with E-state index in [-0.39, 0.29) is 6.04 Å². The number of aromatic nitrogens is 4. The molecule has 1 heterocycles. The van der Waals surface area contributed by atoms with Crippen molar-refractivity contribution in [2.75, 3.05) is 6.54 Å². The van der Waals surface area contributed by atoms with E-state index < -0.39 is 0 Å². The number of nitrogens with zero attached hydrogens (tertiary/aromatic N) is 3. The molecule has 0 fully saturated rings. The molecule has 0 saturated carbocycles. The highest BCUT2D eigenvalue weighted by Crippen LogP contribution is 2.01. The van der Waals surface area contributed by atoms with Gasteiger partial charge in [-0.05, 0) is 19.9 Å². The largest absolute Gasteiger partial charge is 0.307 e. The Hall–Kier alpha value is -0.970. The van der Waals surface area contributed by atoms with E-state index in [0.717, 1.165) is 18.8 Å².